The molecule has 2 aromatic carbocycles. The summed E-state index contributed by atoms with van der Waals surface area (Å²) < 4.78 is 5.82. The van der Waals surface area contributed by atoms with E-state index in [1.165, 1.54) is 6.33 Å². The number of hydrogen-bond donors (Lipinski definition) is 0. The van der Waals surface area contributed by atoms with Crippen molar-refractivity contribution >= 4 is 23.3 Å². The van der Waals surface area contributed by atoms with Crippen molar-refractivity contribution in [3.05, 3.63) is 77.1 Å². The Morgan fingerprint density at radius 3 is 2.60 bits per heavy atom. The largest absolute Gasteiger partial charge is 0.439 e. The van der Waals surface area contributed by atoms with Crippen LogP contribution in [0.5, 0.6) is 11.6 Å². The van der Waals surface area contributed by atoms with E-state index in [-0.39, 0.29) is 11.9 Å². The van der Waals surface area contributed by atoms with Crippen molar-refractivity contribution in [2.24, 2.45) is 0 Å². The van der Waals surface area contributed by atoms with E-state index in [9.17, 15) is 4.79 Å². The molecule has 1 aliphatic rings. The van der Waals surface area contributed by atoms with Crippen LogP contribution in [0.3, 0.4) is 0 Å². The Morgan fingerprint density at radius 1 is 1.10 bits per heavy atom. The number of ether oxygens (including phenoxy) is 1. The first-order valence-electron chi connectivity index (χ1n) is 9.88. The van der Waals surface area contributed by atoms with Gasteiger partial charge in [0.15, 0.2) is 0 Å². The van der Waals surface area contributed by atoms with Gasteiger partial charge in [-0.1, -0.05) is 29.8 Å². The molecular formula is C23H23ClN4O2. The number of anilines is 1. The smallest absolute Gasteiger partial charge is 0.254 e. The first kappa shape index (κ1) is 20.2. The number of carbonyl (C=O) groups excluding carboxylic acids is 1. The Balaban J connectivity index is 1.45. The van der Waals surface area contributed by atoms with Gasteiger partial charge in [-0.15, -0.1) is 0 Å². The Morgan fingerprint density at radius 2 is 1.87 bits per heavy atom. The Labute approximate surface area is 181 Å². The highest BCUT2D eigenvalue weighted by Gasteiger charge is 2.29. The third-order valence-electron chi connectivity index (χ3n) is 5.25. The van der Waals surface area contributed by atoms with Gasteiger partial charge in [0.2, 0.25) is 5.88 Å². The van der Waals surface area contributed by atoms with E-state index in [1.54, 1.807) is 24.3 Å². The summed E-state index contributed by atoms with van der Waals surface area (Å²) in [7, 11) is 0. The minimum Gasteiger partial charge on any atom is -0.439 e. The summed E-state index contributed by atoms with van der Waals surface area (Å²) in [6.07, 6.45) is 1.50. The van der Waals surface area contributed by atoms with Gasteiger partial charge in [-0.3, -0.25) is 4.79 Å². The molecular weight excluding hydrogens is 400 g/mol. The number of nitrogens with zero attached hydrogens (tertiary/aromatic N) is 4. The maximum absolute atomic E-state index is 13.0. The highest BCUT2D eigenvalue weighted by molar-refractivity contribution is 6.30. The molecule has 1 amide bonds. The lowest BCUT2D eigenvalue weighted by atomic mass is 10.1. The Bertz CT molecular complexity index is 1040. The number of amides is 1. The van der Waals surface area contributed by atoms with Crippen molar-refractivity contribution in [2.75, 3.05) is 24.5 Å². The molecule has 3 aromatic rings. The molecule has 0 N–H and O–H groups in total. The third-order valence-corrected chi connectivity index (χ3v) is 5.50. The maximum atomic E-state index is 13.0. The summed E-state index contributed by atoms with van der Waals surface area (Å²) >= 11 is 5.92. The molecule has 7 heteroatoms. The average molecular weight is 423 g/mol. The molecule has 1 aliphatic heterocycles. The standard InChI is InChI=1S/C23H23ClN4O2/c1-16-5-3-4-6-20(16)23(29)28-12-11-27(14-17(28)2)21-13-22(26-15-25-21)30-19-9-7-18(24)8-10-19/h3-10,13,15,17H,11-12,14H2,1-2H3/t17-/m1/s1. The van der Waals surface area contributed by atoms with Gasteiger partial charge >= 0.3 is 0 Å². The zero-order chi connectivity index (χ0) is 21.1. The monoisotopic (exact) mass is 422 g/mol. The molecule has 154 valence electrons. The molecule has 0 bridgehead atoms. The van der Waals surface area contributed by atoms with Gasteiger partial charge in [-0.2, -0.15) is 0 Å². The van der Waals surface area contributed by atoms with E-state index in [2.05, 4.69) is 21.8 Å². The quantitative estimate of drug-likeness (QED) is 0.615. The zero-order valence-corrected chi connectivity index (χ0v) is 17.7. The predicted molar refractivity (Wildman–Crippen MR) is 117 cm³/mol. The lowest BCUT2D eigenvalue weighted by Crippen LogP contribution is -2.54. The fourth-order valence-corrected chi connectivity index (χ4v) is 3.74. The van der Waals surface area contributed by atoms with E-state index < -0.39 is 0 Å². The van der Waals surface area contributed by atoms with Gasteiger partial charge in [0, 0.05) is 42.3 Å². The van der Waals surface area contributed by atoms with Gasteiger partial charge in [0.25, 0.3) is 5.91 Å². The number of halogens is 1. The molecule has 0 saturated carbocycles. The lowest BCUT2D eigenvalue weighted by Gasteiger charge is -2.40. The second-order valence-corrected chi connectivity index (χ2v) is 7.82. The summed E-state index contributed by atoms with van der Waals surface area (Å²) in [5.41, 5.74) is 1.76. The van der Waals surface area contributed by atoms with Crippen LogP contribution in [0, 0.1) is 6.92 Å². The molecule has 1 aromatic heterocycles. The maximum Gasteiger partial charge on any atom is 0.254 e. The summed E-state index contributed by atoms with van der Waals surface area (Å²) in [6, 6.07) is 16.7. The van der Waals surface area contributed by atoms with Crippen LogP contribution in [-0.4, -0.2) is 46.5 Å². The number of rotatable bonds is 4. The van der Waals surface area contributed by atoms with Gasteiger partial charge in [0.05, 0.1) is 0 Å². The number of benzene rings is 2. The summed E-state index contributed by atoms with van der Waals surface area (Å²) in [5, 5.41) is 0.651. The second kappa shape index (κ2) is 8.71. The first-order chi connectivity index (χ1) is 14.5. The van der Waals surface area contributed by atoms with Crippen molar-refractivity contribution in [2.45, 2.75) is 19.9 Å². The molecule has 1 atom stereocenters. The average Bonchev–Trinajstić information content (AvgIpc) is 2.75. The Hall–Kier alpha value is -3.12. The van der Waals surface area contributed by atoms with Crippen LogP contribution in [0.4, 0.5) is 5.82 Å². The topological polar surface area (TPSA) is 58.6 Å². The Kier molecular flexibility index (Phi) is 5.86. The highest BCUT2D eigenvalue weighted by atomic mass is 35.5. The molecule has 0 unspecified atom stereocenters. The number of aromatic nitrogens is 2. The highest BCUT2D eigenvalue weighted by Crippen LogP contribution is 2.25. The molecule has 0 aliphatic carbocycles. The van der Waals surface area contributed by atoms with Crippen LogP contribution in [-0.2, 0) is 0 Å². The van der Waals surface area contributed by atoms with Gasteiger partial charge in [0.1, 0.15) is 17.9 Å². The minimum absolute atomic E-state index is 0.0569. The van der Waals surface area contributed by atoms with Gasteiger partial charge in [-0.05, 0) is 49.7 Å². The van der Waals surface area contributed by atoms with E-state index >= 15 is 0 Å². The molecule has 1 saturated heterocycles. The predicted octanol–water partition coefficient (Wildman–Crippen LogP) is 4.58. The zero-order valence-electron chi connectivity index (χ0n) is 17.0. The minimum atomic E-state index is 0.0569. The van der Waals surface area contributed by atoms with Crippen molar-refractivity contribution in [1.82, 2.24) is 14.9 Å². The van der Waals surface area contributed by atoms with Crippen molar-refractivity contribution in [1.29, 1.82) is 0 Å². The molecule has 6 nitrogen and oxygen atoms in total. The summed E-state index contributed by atoms with van der Waals surface area (Å²) in [5.74, 6) is 1.98. The summed E-state index contributed by atoms with van der Waals surface area (Å²) in [6.45, 7) is 6.05. The SMILES string of the molecule is Cc1ccccc1C(=O)N1CCN(c2cc(Oc3ccc(Cl)cc3)ncn2)C[C@H]1C. The number of piperazine rings is 1. The van der Waals surface area contributed by atoms with E-state index in [0.29, 0.717) is 36.3 Å². The normalized spacial score (nSPS) is 16.4. The van der Waals surface area contributed by atoms with Crippen molar-refractivity contribution < 1.29 is 9.53 Å². The van der Waals surface area contributed by atoms with E-state index in [4.69, 9.17) is 16.3 Å². The first-order valence-corrected chi connectivity index (χ1v) is 10.3. The molecule has 0 radical (unpaired) electrons. The fourth-order valence-electron chi connectivity index (χ4n) is 3.62. The number of aryl methyl sites for hydroxylation is 1. The number of carbonyl (C=O) groups is 1. The lowest BCUT2D eigenvalue weighted by molar-refractivity contribution is 0.0673. The third kappa shape index (κ3) is 4.39. The van der Waals surface area contributed by atoms with Crippen LogP contribution in [0.25, 0.3) is 0 Å². The van der Waals surface area contributed by atoms with Crippen LogP contribution < -0.4 is 9.64 Å². The van der Waals surface area contributed by atoms with Crippen molar-refractivity contribution in [3.8, 4) is 11.6 Å². The van der Waals surface area contributed by atoms with E-state index in [1.807, 2.05) is 42.2 Å². The van der Waals surface area contributed by atoms with E-state index in [0.717, 1.165) is 16.9 Å². The second-order valence-electron chi connectivity index (χ2n) is 7.38. The van der Waals surface area contributed by atoms with Crippen LogP contribution in [0.15, 0.2) is 60.9 Å². The molecule has 4 rings (SSSR count). The van der Waals surface area contributed by atoms with Crippen molar-refractivity contribution in [3.63, 3.8) is 0 Å². The fraction of sp³-hybridized carbons (Fsp3) is 0.261. The molecule has 0 spiro atoms. The van der Waals surface area contributed by atoms with Gasteiger partial charge < -0.3 is 14.5 Å². The van der Waals surface area contributed by atoms with Gasteiger partial charge in [-0.25, -0.2) is 9.97 Å². The number of hydrogen-bond acceptors (Lipinski definition) is 5. The van der Waals surface area contributed by atoms with Crippen LogP contribution >= 0.6 is 11.6 Å². The molecule has 2 heterocycles. The summed E-state index contributed by atoms with van der Waals surface area (Å²) in [4.78, 5) is 25.7. The van der Waals surface area contributed by atoms with Crippen LogP contribution in [0.1, 0.15) is 22.8 Å². The molecule has 30 heavy (non-hydrogen) atoms. The molecule has 1 fully saturated rings. The van der Waals surface area contributed by atoms with Crippen LogP contribution in [0.2, 0.25) is 5.02 Å².